The van der Waals surface area contributed by atoms with Gasteiger partial charge in [-0.15, -0.1) is 0 Å². The van der Waals surface area contributed by atoms with Crippen molar-refractivity contribution in [2.45, 2.75) is 20.8 Å². The van der Waals surface area contributed by atoms with Crippen LogP contribution in [0.4, 0.5) is 5.69 Å². The smallest absolute Gasteiger partial charge is 0.266 e. The van der Waals surface area contributed by atoms with Crippen LogP contribution < -0.4 is 4.90 Å². The van der Waals surface area contributed by atoms with Gasteiger partial charge in [0.15, 0.2) is 11.4 Å². The van der Waals surface area contributed by atoms with Crippen LogP contribution in [0.5, 0.6) is 0 Å². The van der Waals surface area contributed by atoms with Crippen LogP contribution in [0.25, 0.3) is 0 Å². The summed E-state index contributed by atoms with van der Waals surface area (Å²) in [5.41, 5.74) is 3.74. The van der Waals surface area contributed by atoms with Gasteiger partial charge in [0.2, 0.25) is 0 Å². The zero-order chi connectivity index (χ0) is 14.4. The van der Waals surface area contributed by atoms with E-state index in [0.717, 1.165) is 16.7 Å². The Bertz CT molecular complexity index is 695. The van der Waals surface area contributed by atoms with Crippen LogP contribution in [-0.4, -0.2) is 21.8 Å². The molecule has 1 aliphatic rings. The summed E-state index contributed by atoms with van der Waals surface area (Å²) < 4.78 is 0. The summed E-state index contributed by atoms with van der Waals surface area (Å²) >= 11 is 0. The summed E-state index contributed by atoms with van der Waals surface area (Å²) in [6, 6.07) is 3.90. The highest BCUT2D eigenvalue weighted by Gasteiger charge is 2.40. The highest BCUT2D eigenvalue weighted by atomic mass is 16.2. The zero-order valence-corrected chi connectivity index (χ0v) is 11.5. The number of nitrogens with zero attached hydrogens (tertiary/aromatic N) is 3. The van der Waals surface area contributed by atoms with E-state index in [9.17, 15) is 9.59 Å². The van der Waals surface area contributed by atoms with E-state index in [-0.39, 0.29) is 11.4 Å². The summed E-state index contributed by atoms with van der Waals surface area (Å²) in [5, 5.41) is 0. The molecule has 5 nitrogen and oxygen atoms in total. The van der Waals surface area contributed by atoms with Crippen LogP contribution in [0.15, 0.2) is 24.5 Å². The lowest BCUT2D eigenvalue weighted by molar-refractivity contribution is 0.0923. The molecule has 0 aliphatic carbocycles. The Morgan fingerprint density at radius 2 is 1.30 bits per heavy atom. The van der Waals surface area contributed by atoms with E-state index >= 15 is 0 Å². The molecule has 1 aliphatic heterocycles. The molecule has 2 heterocycles. The highest BCUT2D eigenvalue weighted by molar-refractivity contribution is 6.33. The molecule has 1 aromatic heterocycles. The summed E-state index contributed by atoms with van der Waals surface area (Å²) in [4.78, 5) is 33.9. The number of imide groups is 1. The van der Waals surface area contributed by atoms with Gasteiger partial charge in [0, 0.05) is 12.4 Å². The molecule has 0 atom stereocenters. The number of benzene rings is 1. The van der Waals surface area contributed by atoms with Gasteiger partial charge in [-0.3, -0.25) is 9.59 Å². The fourth-order valence-corrected chi connectivity index (χ4v) is 2.68. The van der Waals surface area contributed by atoms with Crippen LogP contribution in [0, 0.1) is 20.8 Å². The molecule has 2 aromatic rings. The van der Waals surface area contributed by atoms with Gasteiger partial charge in [-0.05, 0) is 31.9 Å². The van der Waals surface area contributed by atoms with Gasteiger partial charge < -0.3 is 0 Å². The van der Waals surface area contributed by atoms with Gasteiger partial charge in [0.25, 0.3) is 11.8 Å². The van der Waals surface area contributed by atoms with Crippen molar-refractivity contribution in [3.63, 3.8) is 0 Å². The molecule has 2 amide bonds. The normalized spacial score (nSPS) is 13.8. The first kappa shape index (κ1) is 12.5. The molecule has 0 saturated carbocycles. The number of rotatable bonds is 1. The fourth-order valence-electron chi connectivity index (χ4n) is 2.68. The second-order valence-electron chi connectivity index (χ2n) is 4.95. The molecule has 20 heavy (non-hydrogen) atoms. The maximum Gasteiger partial charge on any atom is 0.286 e. The van der Waals surface area contributed by atoms with E-state index in [0.29, 0.717) is 5.69 Å². The third-order valence-corrected chi connectivity index (χ3v) is 3.37. The van der Waals surface area contributed by atoms with Crippen molar-refractivity contribution >= 4 is 17.5 Å². The quantitative estimate of drug-likeness (QED) is 0.743. The molecule has 3 rings (SSSR count). The maximum absolute atomic E-state index is 12.4. The molecule has 5 heteroatoms. The van der Waals surface area contributed by atoms with Gasteiger partial charge in [-0.1, -0.05) is 17.7 Å². The van der Waals surface area contributed by atoms with E-state index < -0.39 is 11.8 Å². The minimum atomic E-state index is -0.409. The number of aromatic nitrogens is 2. The number of carbonyl (C=O) groups excluding carboxylic acids is 2. The van der Waals surface area contributed by atoms with Crippen LogP contribution >= 0.6 is 0 Å². The van der Waals surface area contributed by atoms with Crippen LogP contribution in [0.1, 0.15) is 37.7 Å². The van der Waals surface area contributed by atoms with Gasteiger partial charge in [-0.25, -0.2) is 14.9 Å². The molecule has 0 unspecified atom stereocenters. The molecular weight excluding hydrogens is 254 g/mol. The Morgan fingerprint density at radius 1 is 0.850 bits per heavy atom. The van der Waals surface area contributed by atoms with E-state index in [1.165, 1.54) is 17.3 Å². The second-order valence-corrected chi connectivity index (χ2v) is 4.95. The SMILES string of the molecule is Cc1cc(C)c(N2C(=O)c3nccnc3C2=O)c(C)c1. The monoisotopic (exact) mass is 267 g/mol. The Hall–Kier alpha value is -2.56. The second kappa shape index (κ2) is 4.23. The third kappa shape index (κ3) is 1.63. The first-order valence-corrected chi connectivity index (χ1v) is 6.28. The predicted molar refractivity (Wildman–Crippen MR) is 73.8 cm³/mol. The summed E-state index contributed by atoms with van der Waals surface area (Å²) in [5.74, 6) is -0.818. The molecule has 100 valence electrons. The van der Waals surface area contributed by atoms with Gasteiger partial charge in [0.05, 0.1) is 5.69 Å². The highest BCUT2D eigenvalue weighted by Crippen LogP contribution is 2.32. The fraction of sp³-hybridized carbons (Fsp3) is 0.200. The molecule has 0 saturated heterocycles. The van der Waals surface area contributed by atoms with Crippen molar-refractivity contribution in [2.24, 2.45) is 0 Å². The molecule has 0 radical (unpaired) electrons. The van der Waals surface area contributed by atoms with Gasteiger partial charge in [0.1, 0.15) is 0 Å². The van der Waals surface area contributed by atoms with Crippen molar-refractivity contribution in [3.05, 3.63) is 52.6 Å². The van der Waals surface area contributed by atoms with Crippen LogP contribution in [-0.2, 0) is 0 Å². The largest absolute Gasteiger partial charge is 0.286 e. The van der Waals surface area contributed by atoms with E-state index in [1.54, 1.807) is 0 Å². The Morgan fingerprint density at radius 3 is 1.75 bits per heavy atom. The number of hydrogen-bond acceptors (Lipinski definition) is 4. The van der Waals surface area contributed by atoms with Crippen molar-refractivity contribution in [1.82, 2.24) is 9.97 Å². The van der Waals surface area contributed by atoms with Crippen molar-refractivity contribution in [1.29, 1.82) is 0 Å². The van der Waals surface area contributed by atoms with Gasteiger partial charge in [-0.2, -0.15) is 0 Å². The summed E-state index contributed by atoms with van der Waals surface area (Å²) in [6.45, 7) is 5.76. The molecule has 0 bridgehead atoms. The number of amides is 2. The summed E-state index contributed by atoms with van der Waals surface area (Å²) in [6.07, 6.45) is 2.84. The lowest BCUT2D eigenvalue weighted by atomic mass is 10.0. The maximum atomic E-state index is 12.4. The first-order chi connectivity index (χ1) is 9.50. The number of hydrogen-bond donors (Lipinski definition) is 0. The summed E-state index contributed by atoms with van der Waals surface area (Å²) in [7, 11) is 0. The third-order valence-electron chi connectivity index (χ3n) is 3.37. The van der Waals surface area contributed by atoms with Crippen molar-refractivity contribution in [3.8, 4) is 0 Å². The molecule has 0 N–H and O–H groups in total. The molecule has 0 spiro atoms. The molecule has 0 fully saturated rings. The van der Waals surface area contributed by atoms with Gasteiger partial charge >= 0.3 is 0 Å². The standard InChI is InChI=1S/C15H13N3O2/c1-8-6-9(2)13(10(3)7-8)18-14(19)11-12(15(18)20)17-5-4-16-11/h4-7H,1-3H3. The van der Waals surface area contributed by atoms with E-state index in [4.69, 9.17) is 0 Å². The van der Waals surface area contributed by atoms with Crippen molar-refractivity contribution in [2.75, 3.05) is 4.90 Å². The minimum absolute atomic E-state index is 0.122. The van der Waals surface area contributed by atoms with Crippen LogP contribution in [0.3, 0.4) is 0 Å². The Balaban J connectivity index is 2.19. The number of fused-ring (bicyclic) bond motifs is 1. The lowest BCUT2D eigenvalue weighted by Crippen LogP contribution is -2.31. The number of carbonyl (C=O) groups is 2. The first-order valence-electron chi connectivity index (χ1n) is 6.28. The zero-order valence-electron chi connectivity index (χ0n) is 11.5. The van der Waals surface area contributed by atoms with Crippen molar-refractivity contribution < 1.29 is 9.59 Å². The average molecular weight is 267 g/mol. The van der Waals surface area contributed by atoms with E-state index in [1.807, 2.05) is 32.9 Å². The lowest BCUT2D eigenvalue weighted by Gasteiger charge is -2.19. The molecular formula is C15H13N3O2. The Kier molecular flexibility index (Phi) is 2.64. The number of aryl methyl sites for hydroxylation is 3. The number of anilines is 1. The average Bonchev–Trinajstić information content (AvgIpc) is 2.64. The predicted octanol–water partition coefficient (Wildman–Crippen LogP) is 2.20. The van der Waals surface area contributed by atoms with E-state index in [2.05, 4.69) is 9.97 Å². The topological polar surface area (TPSA) is 63.2 Å². The molecule has 1 aromatic carbocycles. The minimum Gasteiger partial charge on any atom is -0.266 e. The Labute approximate surface area is 116 Å². The van der Waals surface area contributed by atoms with Crippen LogP contribution in [0.2, 0.25) is 0 Å².